The molecule has 0 bridgehead atoms. The second-order valence-electron chi connectivity index (χ2n) is 8.44. The number of likely N-dealkylation sites (tertiary alicyclic amines) is 1. The van der Waals surface area contributed by atoms with Gasteiger partial charge in [-0.2, -0.15) is 0 Å². The number of ether oxygens (including phenoxy) is 3. The Hall–Kier alpha value is -2.86. The molecular weight excluding hydrogens is 428 g/mol. The van der Waals surface area contributed by atoms with Crippen molar-refractivity contribution >= 4 is 28.4 Å². The van der Waals surface area contributed by atoms with Crippen LogP contribution in [0.1, 0.15) is 36.3 Å². The summed E-state index contributed by atoms with van der Waals surface area (Å²) in [6, 6.07) is 9.81. The molecule has 3 aromatic rings. The lowest BCUT2D eigenvalue weighted by Crippen LogP contribution is -2.38. The number of halogens is 1. The summed E-state index contributed by atoms with van der Waals surface area (Å²) in [4.78, 5) is 18.3. The summed E-state index contributed by atoms with van der Waals surface area (Å²) in [6.45, 7) is 2.67. The molecule has 7 heteroatoms. The molecule has 5 rings (SSSR count). The summed E-state index contributed by atoms with van der Waals surface area (Å²) in [6.07, 6.45) is 5.12. The molecular formula is C25H27ClN2O4. The molecule has 0 atom stereocenters. The van der Waals surface area contributed by atoms with Crippen molar-refractivity contribution in [1.82, 2.24) is 9.88 Å². The van der Waals surface area contributed by atoms with Crippen molar-refractivity contribution in [1.29, 1.82) is 0 Å². The first-order chi connectivity index (χ1) is 15.6. The van der Waals surface area contributed by atoms with Gasteiger partial charge in [0.25, 0.3) is 0 Å². The summed E-state index contributed by atoms with van der Waals surface area (Å²) >= 11 is 6.39. The Morgan fingerprint density at radius 1 is 1.19 bits per heavy atom. The summed E-state index contributed by atoms with van der Waals surface area (Å²) in [5, 5.41) is 1.71. The maximum atomic E-state index is 13.0. The molecule has 168 valence electrons. The first kappa shape index (κ1) is 21.0. The number of fused-ring (bicyclic) bond motifs is 2. The van der Waals surface area contributed by atoms with Gasteiger partial charge in [0.05, 0.1) is 31.8 Å². The molecule has 32 heavy (non-hydrogen) atoms. The highest BCUT2D eigenvalue weighted by Gasteiger charge is 2.26. The van der Waals surface area contributed by atoms with E-state index < -0.39 is 0 Å². The van der Waals surface area contributed by atoms with Gasteiger partial charge in [-0.05, 0) is 60.2 Å². The minimum absolute atomic E-state index is 0.120. The van der Waals surface area contributed by atoms with E-state index >= 15 is 0 Å². The van der Waals surface area contributed by atoms with Crippen LogP contribution in [0.3, 0.4) is 0 Å². The predicted octanol–water partition coefficient (Wildman–Crippen LogP) is 4.94. The first-order valence-electron chi connectivity index (χ1n) is 11.1. The maximum absolute atomic E-state index is 13.0. The van der Waals surface area contributed by atoms with Crippen LogP contribution in [-0.2, 0) is 11.2 Å². The Kier molecular flexibility index (Phi) is 5.87. The van der Waals surface area contributed by atoms with Crippen LogP contribution in [0.25, 0.3) is 10.9 Å². The summed E-state index contributed by atoms with van der Waals surface area (Å²) in [7, 11) is 1.69. The lowest BCUT2D eigenvalue weighted by molar-refractivity contribution is -0.131. The maximum Gasteiger partial charge on any atom is 0.226 e. The lowest BCUT2D eigenvalue weighted by Gasteiger charge is -2.32. The molecule has 1 aromatic heterocycles. The van der Waals surface area contributed by atoms with Gasteiger partial charge in [-0.25, -0.2) is 0 Å². The number of carbonyl (C=O) groups excluding carboxylic acids is 1. The topological polar surface area (TPSA) is 63.8 Å². The molecule has 0 unspecified atom stereocenters. The Bertz CT molecular complexity index is 1130. The van der Waals surface area contributed by atoms with Crippen LogP contribution in [0.4, 0.5) is 0 Å². The largest absolute Gasteiger partial charge is 0.497 e. The molecule has 3 heterocycles. The van der Waals surface area contributed by atoms with Crippen LogP contribution in [0.2, 0.25) is 5.02 Å². The monoisotopic (exact) mass is 454 g/mol. The van der Waals surface area contributed by atoms with E-state index in [2.05, 4.69) is 23.3 Å². The van der Waals surface area contributed by atoms with E-state index in [1.807, 2.05) is 23.1 Å². The number of aromatic nitrogens is 1. The van der Waals surface area contributed by atoms with E-state index in [0.717, 1.165) is 49.2 Å². The Balaban J connectivity index is 1.25. The van der Waals surface area contributed by atoms with Crippen molar-refractivity contribution in [2.45, 2.75) is 31.6 Å². The molecule has 0 radical (unpaired) electrons. The fourth-order valence-corrected chi connectivity index (χ4v) is 4.99. The van der Waals surface area contributed by atoms with E-state index in [0.29, 0.717) is 42.1 Å². The molecule has 6 nitrogen and oxygen atoms in total. The molecule has 2 aromatic carbocycles. The molecule has 0 saturated carbocycles. The normalized spacial score (nSPS) is 16.8. The average molecular weight is 455 g/mol. The van der Waals surface area contributed by atoms with Crippen LogP contribution in [-0.4, -0.2) is 49.2 Å². The second kappa shape index (κ2) is 8.94. The van der Waals surface area contributed by atoms with Gasteiger partial charge in [0.1, 0.15) is 5.75 Å². The fourth-order valence-electron chi connectivity index (χ4n) is 4.70. The van der Waals surface area contributed by atoms with Crippen molar-refractivity contribution in [3.8, 4) is 17.2 Å². The van der Waals surface area contributed by atoms with Gasteiger partial charge in [-0.3, -0.25) is 4.79 Å². The SMILES string of the molecule is COc1ccc2[nH]cc(C3CCN(C(=O)Cc4cc(Cl)c5c(c4)OCCCO5)CC3)c2c1. The van der Waals surface area contributed by atoms with E-state index in [1.165, 1.54) is 10.9 Å². The molecule has 1 fully saturated rings. The Morgan fingerprint density at radius 2 is 2.00 bits per heavy atom. The van der Waals surface area contributed by atoms with Crippen LogP contribution >= 0.6 is 11.6 Å². The standard InChI is InChI=1S/C25H27ClN2O4/c1-30-18-3-4-22-19(14-18)20(15-27-22)17-5-7-28(8-6-17)24(29)13-16-11-21(26)25-23(12-16)31-9-2-10-32-25/h3-4,11-12,14-15,17,27H,2,5-10,13H2,1H3. The average Bonchev–Trinajstić information content (AvgIpc) is 3.08. The number of H-pyrrole nitrogens is 1. The highest BCUT2D eigenvalue weighted by molar-refractivity contribution is 6.32. The van der Waals surface area contributed by atoms with Crippen LogP contribution < -0.4 is 14.2 Å². The van der Waals surface area contributed by atoms with Gasteiger partial charge in [0.15, 0.2) is 11.5 Å². The number of hydrogen-bond donors (Lipinski definition) is 1. The quantitative estimate of drug-likeness (QED) is 0.606. The number of carbonyl (C=O) groups is 1. The molecule has 1 N–H and O–H groups in total. The third kappa shape index (κ3) is 4.11. The van der Waals surface area contributed by atoms with E-state index in [9.17, 15) is 4.79 Å². The number of aromatic amines is 1. The van der Waals surface area contributed by atoms with Gasteiger partial charge in [-0.1, -0.05) is 11.6 Å². The summed E-state index contributed by atoms with van der Waals surface area (Å²) in [5.41, 5.74) is 3.28. The van der Waals surface area contributed by atoms with Crippen molar-refractivity contribution in [2.75, 3.05) is 33.4 Å². The number of benzene rings is 2. The summed E-state index contributed by atoms with van der Waals surface area (Å²) in [5.74, 6) is 2.62. The molecule has 1 saturated heterocycles. The molecule has 1 amide bonds. The highest BCUT2D eigenvalue weighted by Crippen LogP contribution is 2.39. The van der Waals surface area contributed by atoms with Crippen molar-refractivity contribution in [3.63, 3.8) is 0 Å². The third-order valence-electron chi connectivity index (χ3n) is 6.43. The molecule has 0 spiro atoms. The number of amides is 1. The second-order valence-corrected chi connectivity index (χ2v) is 8.85. The van der Waals surface area contributed by atoms with Crippen molar-refractivity contribution < 1.29 is 19.0 Å². The first-order valence-corrected chi connectivity index (χ1v) is 11.5. The predicted molar refractivity (Wildman–Crippen MR) is 124 cm³/mol. The van der Waals surface area contributed by atoms with Crippen molar-refractivity contribution in [2.24, 2.45) is 0 Å². The molecule has 2 aliphatic heterocycles. The van der Waals surface area contributed by atoms with E-state index in [4.69, 9.17) is 25.8 Å². The van der Waals surface area contributed by atoms with Crippen molar-refractivity contribution in [3.05, 3.63) is 52.7 Å². The van der Waals surface area contributed by atoms with Gasteiger partial charge in [0.2, 0.25) is 5.91 Å². The zero-order valence-corrected chi connectivity index (χ0v) is 18.9. The van der Waals surface area contributed by atoms with Gasteiger partial charge in [0, 0.05) is 36.6 Å². The Labute approximate surface area is 192 Å². The number of rotatable bonds is 4. The number of hydrogen-bond acceptors (Lipinski definition) is 4. The van der Waals surface area contributed by atoms with Gasteiger partial charge in [-0.15, -0.1) is 0 Å². The molecule has 2 aliphatic rings. The minimum Gasteiger partial charge on any atom is -0.497 e. The molecule has 0 aliphatic carbocycles. The highest BCUT2D eigenvalue weighted by atomic mass is 35.5. The third-order valence-corrected chi connectivity index (χ3v) is 6.71. The van der Waals surface area contributed by atoms with Gasteiger partial charge >= 0.3 is 0 Å². The van der Waals surface area contributed by atoms with E-state index in [1.54, 1.807) is 7.11 Å². The van der Waals surface area contributed by atoms with Crippen LogP contribution in [0, 0.1) is 0 Å². The zero-order chi connectivity index (χ0) is 22.1. The lowest BCUT2D eigenvalue weighted by atomic mass is 9.89. The number of piperidine rings is 1. The Morgan fingerprint density at radius 3 is 2.81 bits per heavy atom. The number of methoxy groups -OCH3 is 1. The number of nitrogens with zero attached hydrogens (tertiary/aromatic N) is 1. The fraction of sp³-hybridized carbons (Fsp3) is 0.400. The van der Waals surface area contributed by atoms with Crippen LogP contribution in [0.5, 0.6) is 17.2 Å². The minimum atomic E-state index is 0.120. The van der Waals surface area contributed by atoms with Crippen LogP contribution in [0.15, 0.2) is 36.5 Å². The van der Waals surface area contributed by atoms with Gasteiger partial charge < -0.3 is 24.1 Å². The summed E-state index contributed by atoms with van der Waals surface area (Å²) < 4.78 is 16.8. The zero-order valence-electron chi connectivity index (χ0n) is 18.2. The smallest absolute Gasteiger partial charge is 0.226 e. The van der Waals surface area contributed by atoms with E-state index in [-0.39, 0.29) is 5.91 Å². The number of nitrogens with one attached hydrogen (secondary N) is 1.